The Balaban J connectivity index is 1.80. The van der Waals surface area contributed by atoms with Crippen LogP contribution in [-0.4, -0.2) is 42.3 Å². The summed E-state index contributed by atoms with van der Waals surface area (Å²) in [6.45, 7) is 4.03. The molecule has 0 aliphatic carbocycles. The van der Waals surface area contributed by atoms with Crippen molar-refractivity contribution in [3.05, 3.63) is 29.8 Å². The summed E-state index contributed by atoms with van der Waals surface area (Å²) >= 11 is 3.18. The minimum Gasteiger partial charge on any atom is -0.492 e. The van der Waals surface area contributed by atoms with Crippen molar-refractivity contribution in [2.24, 2.45) is 0 Å². The molecule has 1 fully saturated rings. The van der Waals surface area contributed by atoms with Gasteiger partial charge in [0.15, 0.2) is 5.78 Å². The number of hydrogen-bond acceptors (Lipinski definition) is 3. The first-order chi connectivity index (χ1) is 9.29. The Morgan fingerprint density at radius 1 is 1.26 bits per heavy atom. The van der Waals surface area contributed by atoms with E-state index >= 15 is 0 Å². The summed E-state index contributed by atoms with van der Waals surface area (Å²) in [5, 5.41) is 0.351. The van der Waals surface area contributed by atoms with Crippen molar-refractivity contribution in [3.8, 4) is 5.75 Å². The summed E-state index contributed by atoms with van der Waals surface area (Å²) in [6, 6.07) is 7.41. The van der Waals surface area contributed by atoms with E-state index in [2.05, 4.69) is 20.8 Å². The number of likely N-dealkylation sites (tertiary alicyclic amines) is 1. The topological polar surface area (TPSA) is 29.5 Å². The van der Waals surface area contributed by atoms with E-state index in [-0.39, 0.29) is 5.78 Å². The van der Waals surface area contributed by atoms with Gasteiger partial charge >= 0.3 is 0 Å². The van der Waals surface area contributed by atoms with Gasteiger partial charge in [-0.1, -0.05) is 34.5 Å². The fraction of sp³-hybridized carbons (Fsp3) is 0.533. The third kappa shape index (κ3) is 4.62. The van der Waals surface area contributed by atoms with E-state index in [0.717, 1.165) is 12.3 Å². The van der Waals surface area contributed by atoms with Gasteiger partial charge in [0, 0.05) is 12.1 Å². The quantitative estimate of drug-likeness (QED) is 0.594. The zero-order valence-electron chi connectivity index (χ0n) is 11.1. The molecule has 4 heteroatoms. The zero-order chi connectivity index (χ0) is 13.5. The van der Waals surface area contributed by atoms with Crippen LogP contribution in [0.3, 0.4) is 0 Å². The van der Waals surface area contributed by atoms with Gasteiger partial charge in [0.05, 0.1) is 5.33 Å². The van der Waals surface area contributed by atoms with Crippen molar-refractivity contribution in [2.45, 2.75) is 19.3 Å². The van der Waals surface area contributed by atoms with Crippen LogP contribution in [0.25, 0.3) is 0 Å². The summed E-state index contributed by atoms with van der Waals surface area (Å²) in [7, 11) is 0. The molecule has 0 saturated carbocycles. The number of rotatable bonds is 6. The maximum absolute atomic E-state index is 11.6. The molecule has 1 aromatic carbocycles. The van der Waals surface area contributed by atoms with Crippen LogP contribution >= 0.6 is 15.9 Å². The first kappa shape index (κ1) is 14.5. The molecular weight excluding hydrogens is 306 g/mol. The molecule has 1 aliphatic heterocycles. The smallest absolute Gasteiger partial charge is 0.173 e. The molecular formula is C15H20BrNO2. The lowest BCUT2D eigenvalue weighted by atomic mass is 10.1. The van der Waals surface area contributed by atoms with Crippen molar-refractivity contribution in [2.75, 3.05) is 31.6 Å². The van der Waals surface area contributed by atoms with Gasteiger partial charge in [-0.15, -0.1) is 0 Å². The normalized spacial score (nSPS) is 16.3. The van der Waals surface area contributed by atoms with Gasteiger partial charge in [-0.2, -0.15) is 0 Å². The Kier molecular flexibility index (Phi) is 5.86. The molecule has 104 valence electrons. The van der Waals surface area contributed by atoms with E-state index in [0.29, 0.717) is 17.5 Å². The van der Waals surface area contributed by atoms with E-state index < -0.39 is 0 Å². The second-order valence-corrected chi connectivity index (χ2v) is 5.40. The molecule has 3 nitrogen and oxygen atoms in total. The Hall–Kier alpha value is -0.870. The summed E-state index contributed by atoms with van der Waals surface area (Å²) in [4.78, 5) is 14.0. The fourth-order valence-electron chi connectivity index (χ4n) is 2.31. The van der Waals surface area contributed by atoms with E-state index in [1.165, 1.54) is 32.4 Å². The number of hydrogen-bond donors (Lipinski definition) is 0. The maximum Gasteiger partial charge on any atom is 0.173 e. The highest BCUT2D eigenvalue weighted by Crippen LogP contribution is 2.15. The number of piperidine rings is 1. The van der Waals surface area contributed by atoms with Gasteiger partial charge in [-0.3, -0.25) is 9.69 Å². The SMILES string of the molecule is O=C(CBr)c1cccc(OCCN2CCCCC2)c1. The van der Waals surface area contributed by atoms with Crippen LogP contribution in [0.1, 0.15) is 29.6 Å². The molecule has 0 spiro atoms. The highest BCUT2D eigenvalue weighted by molar-refractivity contribution is 9.09. The number of benzene rings is 1. The molecule has 19 heavy (non-hydrogen) atoms. The lowest BCUT2D eigenvalue weighted by molar-refractivity contribution is 0.102. The highest BCUT2D eigenvalue weighted by Gasteiger charge is 2.10. The lowest BCUT2D eigenvalue weighted by Gasteiger charge is -2.26. The number of carbonyl (C=O) groups excluding carboxylic acids is 1. The Bertz CT molecular complexity index is 416. The van der Waals surface area contributed by atoms with Crippen LogP contribution in [0.4, 0.5) is 0 Å². The minimum absolute atomic E-state index is 0.0847. The van der Waals surface area contributed by atoms with Crippen LogP contribution < -0.4 is 4.74 Å². The molecule has 0 radical (unpaired) electrons. The third-order valence-corrected chi connectivity index (χ3v) is 3.91. The summed E-state index contributed by atoms with van der Waals surface area (Å²) in [6.07, 6.45) is 3.96. The van der Waals surface area contributed by atoms with E-state index in [1.807, 2.05) is 24.3 Å². The van der Waals surface area contributed by atoms with Gasteiger partial charge in [0.1, 0.15) is 12.4 Å². The monoisotopic (exact) mass is 325 g/mol. The predicted molar refractivity (Wildman–Crippen MR) is 80.4 cm³/mol. The Labute approximate surface area is 123 Å². The molecule has 0 atom stereocenters. The third-order valence-electron chi connectivity index (χ3n) is 3.40. The molecule has 0 N–H and O–H groups in total. The fourth-order valence-corrected chi connectivity index (χ4v) is 2.64. The Morgan fingerprint density at radius 2 is 2.05 bits per heavy atom. The number of halogens is 1. The second-order valence-electron chi connectivity index (χ2n) is 4.84. The van der Waals surface area contributed by atoms with Crippen molar-refractivity contribution >= 4 is 21.7 Å². The molecule has 1 heterocycles. The van der Waals surface area contributed by atoms with Crippen molar-refractivity contribution in [1.82, 2.24) is 4.90 Å². The molecule has 0 bridgehead atoms. The van der Waals surface area contributed by atoms with Gasteiger partial charge < -0.3 is 4.74 Å². The summed E-state index contributed by atoms with van der Waals surface area (Å²) in [5.74, 6) is 0.866. The lowest BCUT2D eigenvalue weighted by Crippen LogP contribution is -2.33. The minimum atomic E-state index is 0.0847. The van der Waals surface area contributed by atoms with Crippen LogP contribution in [0.15, 0.2) is 24.3 Å². The van der Waals surface area contributed by atoms with Crippen LogP contribution in [0.5, 0.6) is 5.75 Å². The average molecular weight is 326 g/mol. The van der Waals surface area contributed by atoms with Crippen LogP contribution in [0, 0.1) is 0 Å². The van der Waals surface area contributed by atoms with E-state index in [4.69, 9.17) is 4.74 Å². The molecule has 1 aromatic rings. The average Bonchev–Trinajstić information content (AvgIpc) is 2.48. The van der Waals surface area contributed by atoms with Crippen LogP contribution in [-0.2, 0) is 0 Å². The summed E-state index contributed by atoms with van der Waals surface area (Å²) < 4.78 is 5.73. The molecule has 0 amide bonds. The van der Waals surface area contributed by atoms with Crippen molar-refractivity contribution < 1.29 is 9.53 Å². The zero-order valence-corrected chi connectivity index (χ0v) is 12.7. The van der Waals surface area contributed by atoms with Gasteiger partial charge in [0.25, 0.3) is 0 Å². The largest absolute Gasteiger partial charge is 0.492 e. The van der Waals surface area contributed by atoms with E-state index in [9.17, 15) is 4.79 Å². The molecule has 0 unspecified atom stereocenters. The van der Waals surface area contributed by atoms with Gasteiger partial charge in [-0.05, 0) is 38.1 Å². The molecule has 1 aliphatic rings. The standard InChI is InChI=1S/C15H20BrNO2/c16-12-15(18)13-5-4-6-14(11-13)19-10-9-17-7-2-1-3-8-17/h4-6,11H,1-3,7-10,12H2. The first-order valence-corrected chi connectivity index (χ1v) is 7.96. The van der Waals surface area contributed by atoms with Gasteiger partial charge in [0.2, 0.25) is 0 Å². The van der Waals surface area contributed by atoms with Crippen molar-refractivity contribution in [3.63, 3.8) is 0 Å². The number of alkyl halides is 1. The number of ketones is 1. The van der Waals surface area contributed by atoms with Crippen LogP contribution in [0.2, 0.25) is 0 Å². The highest BCUT2D eigenvalue weighted by atomic mass is 79.9. The number of carbonyl (C=O) groups is 1. The first-order valence-electron chi connectivity index (χ1n) is 6.84. The van der Waals surface area contributed by atoms with Crippen molar-refractivity contribution in [1.29, 1.82) is 0 Å². The maximum atomic E-state index is 11.6. The number of nitrogens with zero attached hydrogens (tertiary/aromatic N) is 1. The predicted octanol–water partition coefficient (Wildman–Crippen LogP) is 3.13. The molecule has 2 rings (SSSR count). The number of ether oxygens (including phenoxy) is 1. The Morgan fingerprint density at radius 3 is 2.79 bits per heavy atom. The number of Topliss-reactive ketones (excluding diaryl/α,β-unsaturated/α-hetero) is 1. The molecule has 0 aromatic heterocycles. The summed E-state index contributed by atoms with van der Waals surface area (Å²) in [5.41, 5.74) is 0.701. The van der Waals surface area contributed by atoms with E-state index in [1.54, 1.807) is 0 Å². The second kappa shape index (κ2) is 7.65. The van der Waals surface area contributed by atoms with Gasteiger partial charge in [-0.25, -0.2) is 0 Å². The molecule has 1 saturated heterocycles.